The van der Waals surface area contributed by atoms with E-state index in [4.69, 9.17) is 22.1 Å². The van der Waals surface area contributed by atoms with Crippen LogP contribution < -0.4 is 10.5 Å². The first kappa shape index (κ1) is 16.8. The number of ether oxygens (including phenoxy) is 1. The Morgan fingerprint density at radius 1 is 1.18 bits per heavy atom. The van der Waals surface area contributed by atoms with Gasteiger partial charge in [0.05, 0.1) is 17.3 Å². The van der Waals surface area contributed by atoms with Crippen molar-refractivity contribution in [1.82, 2.24) is 0 Å². The highest BCUT2D eigenvalue weighted by Gasteiger charge is 2.27. The molecule has 1 unspecified atom stereocenters. The van der Waals surface area contributed by atoms with Crippen LogP contribution in [0.1, 0.15) is 5.56 Å². The highest BCUT2D eigenvalue weighted by atomic mass is 35.5. The van der Waals surface area contributed by atoms with Crippen LogP contribution in [-0.2, 0) is 16.3 Å². The summed E-state index contributed by atoms with van der Waals surface area (Å²) in [6, 6.07) is 13.5. The van der Waals surface area contributed by atoms with Gasteiger partial charge in [0.25, 0.3) is 0 Å². The van der Waals surface area contributed by atoms with Gasteiger partial charge in [0, 0.05) is 11.6 Å². The summed E-state index contributed by atoms with van der Waals surface area (Å²) >= 11 is 6.00. The van der Waals surface area contributed by atoms with E-state index in [2.05, 4.69) is 0 Å². The minimum Gasteiger partial charge on any atom is -0.496 e. The Morgan fingerprint density at radius 3 is 2.45 bits per heavy atom. The molecule has 0 bridgehead atoms. The van der Waals surface area contributed by atoms with E-state index in [1.807, 2.05) is 0 Å². The molecule has 0 aliphatic carbocycles. The predicted octanol–water partition coefficient (Wildman–Crippen LogP) is 2.69. The van der Waals surface area contributed by atoms with Crippen molar-refractivity contribution in [2.45, 2.75) is 16.6 Å². The van der Waals surface area contributed by atoms with Crippen molar-refractivity contribution in [3.8, 4) is 5.75 Å². The Labute approximate surface area is 135 Å². The lowest BCUT2D eigenvalue weighted by Crippen LogP contribution is -2.32. The van der Waals surface area contributed by atoms with Crippen molar-refractivity contribution in [1.29, 1.82) is 0 Å². The molecule has 0 saturated carbocycles. The third kappa shape index (κ3) is 3.61. The van der Waals surface area contributed by atoms with Crippen LogP contribution in [0.5, 0.6) is 5.75 Å². The van der Waals surface area contributed by atoms with Crippen LogP contribution in [0, 0.1) is 0 Å². The quantitative estimate of drug-likeness (QED) is 0.878. The van der Waals surface area contributed by atoms with E-state index in [-0.39, 0.29) is 17.9 Å². The average Bonchev–Trinajstić information content (AvgIpc) is 2.53. The van der Waals surface area contributed by atoms with E-state index in [0.717, 1.165) is 5.56 Å². The molecular weight excluding hydrogens is 322 g/mol. The zero-order chi connectivity index (χ0) is 16.2. The molecule has 4 nitrogen and oxygen atoms in total. The van der Waals surface area contributed by atoms with E-state index >= 15 is 0 Å². The van der Waals surface area contributed by atoms with Crippen molar-refractivity contribution in [3.05, 3.63) is 59.1 Å². The molecule has 0 aliphatic rings. The molecule has 6 heteroatoms. The highest BCUT2D eigenvalue weighted by molar-refractivity contribution is 7.92. The second-order valence-corrected chi connectivity index (χ2v) is 7.54. The normalized spacial score (nSPS) is 12.9. The van der Waals surface area contributed by atoms with Crippen molar-refractivity contribution in [2.75, 3.05) is 13.7 Å². The van der Waals surface area contributed by atoms with Crippen LogP contribution in [0.15, 0.2) is 53.4 Å². The standard InChI is InChI=1S/C16H18ClNO3S/c1-21-16-8-7-13(17)9-12(16)10-15(11-18)22(19,20)14-5-3-2-4-6-14/h2-9,15H,10-11,18H2,1H3. The lowest BCUT2D eigenvalue weighted by molar-refractivity contribution is 0.409. The van der Waals surface area contributed by atoms with E-state index in [1.165, 1.54) is 7.11 Å². The number of nitrogens with two attached hydrogens (primary N) is 1. The summed E-state index contributed by atoms with van der Waals surface area (Å²) in [4.78, 5) is 0.270. The van der Waals surface area contributed by atoms with Gasteiger partial charge in [-0.2, -0.15) is 0 Å². The topological polar surface area (TPSA) is 69.4 Å². The third-order valence-corrected chi connectivity index (χ3v) is 5.86. The Bertz CT molecular complexity index is 732. The first-order valence-electron chi connectivity index (χ1n) is 6.80. The Kier molecular flexibility index (Phi) is 5.45. The number of rotatable bonds is 6. The van der Waals surface area contributed by atoms with E-state index < -0.39 is 15.1 Å². The fourth-order valence-corrected chi connectivity index (χ4v) is 4.04. The smallest absolute Gasteiger partial charge is 0.182 e. The summed E-state index contributed by atoms with van der Waals surface area (Å²) in [6.07, 6.45) is 0.247. The monoisotopic (exact) mass is 339 g/mol. The molecule has 22 heavy (non-hydrogen) atoms. The van der Waals surface area contributed by atoms with Crippen molar-refractivity contribution in [3.63, 3.8) is 0 Å². The summed E-state index contributed by atoms with van der Waals surface area (Å²) < 4.78 is 30.7. The molecule has 0 radical (unpaired) electrons. The lowest BCUT2D eigenvalue weighted by atomic mass is 10.1. The van der Waals surface area contributed by atoms with Gasteiger partial charge >= 0.3 is 0 Å². The molecule has 1 atom stereocenters. The van der Waals surface area contributed by atoms with Crippen molar-refractivity contribution < 1.29 is 13.2 Å². The SMILES string of the molecule is COc1ccc(Cl)cc1CC(CN)S(=O)(=O)c1ccccc1. The summed E-state index contributed by atoms with van der Waals surface area (Å²) in [6.45, 7) is 0.0207. The molecule has 0 aromatic heterocycles. The lowest BCUT2D eigenvalue weighted by Gasteiger charge is -2.18. The third-order valence-electron chi connectivity index (χ3n) is 3.46. The van der Waals surface area contributed by atoms with Crippen molar-refractivity contribution >= 4 is 21.4 Å². The zero-order valence-corrected chi connectivity index (χ0v) is 13.8. The molecular formula is C16H18ClNO3S. The maximum absolute atomic E-state index is 12.7. The minimum atomic E-state index is -3.51. The first-order valence-corrected chi connectivity index (χ1v) is 8.73. The molecule has 0 aliphatic heterocycles. The van der Waals surface area contributed by atoms with Gasteiger partial charge in [-0.25, -0.2) is 8.42 Å². The largest absolute Gasteiger partial charge is 0.496 e. The van der Waals surface area contributed by atoms with Gasteiger partial charge in [-0.1, -0.05) is 29.8 Å². The molecule has 0 heterocycles. The van der Waals surface area contributed by atoms with Gasteiger partial charge < -0.3 is 10.5 Å². The van der Waals surface area contributed by atoms with Crippen LogP contribution in [0.3, 0.4) is 0 Å². The number of benzene rings is 2. The molecule has 2 N–H and O–H groups in total. The Balaban J connectivity index is 2.36. The molecule has 0 saturated heterocycles. The molecule has 2 aromatic rings. The number of methoxy groups -OCH3 is 1. The summed E-state index contributed by atoms with van der Waals surface area (Å²) in [5, 5.41) is -0.203. The van der Waals surface area contributed by atoms with Crippen LogP contribution in [0.25, 0.3) is 0 Å². The van der Waals surface area contributed by atoms with Crippen molar-refractivity contribution in [2.24, 2.45) is 5.73 Å². The fraction of sp³-hybridized carbons (Fsp3) is 0.250. The van der Waals surface area contributed by atoms with Gasteiger partial charge in [0.2, 0.25) is 0 Å². The summed E-state index contributed by atoms with van der Waals surface area (Å²) in [7, 11) is -1.97. The average molecular weight is 340 g/mol. The van der Waals surface area contributed by atoms with Crippen LogP contribution >= 0.6 is 11.6 Å². The van der Waals surface area contributed by atoms with E-state index in [1.54, 1.807) is 48.5 Å². The Hall–Kier alpha value is -1.56. The van der Waals surface area contributed by atoms with Gasteiger partial charge in [-0.3, -0.25) is 0 Å². The van der Waals surface area contributed by atoms with Crippen LogP contribution in [-0.4, -0.2) is 27.3 Å². The number of hydrogen-bond acceptors (Lipinski definition) is 4. The van der Waals surface area contributed by atoms with Gasteiger partial charge in [0.15, 0.2) is 9.84 Å². The maximum atomic E-state index is 12.7. The number of sulfone groups is 1. The second kappa shape index (κ2) is 7.13. The zero-order valence-electron chi connectivity index (χ0n) is 12.2. The van der Waals surface area contributed by atoms with Gasteiger partial charge in [0.1, 0.15) is 5.75 Å². The molecule has 2 rings (SSSR count). The molecule has 0 spiro atoms. The molecule has 2 aromatic carbocycles. The predicted molar refractivity (Wildman–Crippen MR) is 88.2 cm³/mol. The first-order chi connectivity index (χ1) is 10.5. The highest BCUT2D eigenvalue weighted by Crippen LogP contribution is 2.27. The number of hydrogen-bond donors (Lipinski definition) is 1. The minimum absolute atomic E-state index is 0.0207. The van der Waals surface area contributed by atoms with Gasteiger partial charge in [-0.05, 0) is 42.3 Å². The summed E-state index contributed by atoms with van der Waals surface area (Å²) in [5.41, 5.74) is 6.45. The van der Waals surface area contributed by atoms with Gasteiger partial charge in [-0.15, -0.1) is 0 Å². The molecule has 0 fully saturated rings. The van der Waals surface area contributed by atoms with Crippen LogP contribution in [0.2, 0.25) is 5.02 Å². The van der Waals surface area contributed by atoms with E-state index in [9.17, 15) is 8.42 Å². The molecule has 0 amide bonds. The summed E-state index contributed by atoms with van der Waals surface area (Å²) in [5.74, 6) is 0.603. The molecule has 118 valence electrons. The maximum Gasteiger partial charge on any atom is 0.182 e. The second-order valence-electron chi connectivity index (χ2n) is 4.88. The fourth-order valence-electron chi connectivity index (χ4n) is 2.27. The van der Waals surface area contributed by atoms with Crippen LogP contribution in [0.4, 0.5) is 0 Å². The Morgan fingerprint density at radius 2 is 1.86 bits per heavy atom. The van der Waals surface area contributed by atoms with E-state index in [0.29, 0.717) is 10.8 Å². The number of halogens is 1.